The zero-order chi connectivity index (χ0) is 13.3. The molecule has 1 heterocycles. The van der Waals surface area contributed by atoms with Crippen LogP contribution >= 0.6 is 11.6 Å². The predicted octanol–water partition coefficient (Wildman–Crippen LogP) is 3.03. The van der Waals surface area contributed by atoms with Gasteiger partial charge in [0.15, 0.2) is 0 Å². The summed E-state index contributed by atoms with van der Waals surface area (Å²) >= 11 is 5.90. The zero-order valence-corrected chi connectivity index (χ0v) is 9.69. The molecule has 0 aliphatic carbocycles. The molecule has 0 aliphatic heterocycles. The van der Waals surface area contributed by atoms with Gasteiger partial charge in [0, 0.05) is 11.6 Å². The minimum atomic E-state index is -0.602. The highest BCUT2D eigenvalue weighted by Crippen LogP contribution is 2.30. The third-order valence-corrected chi connectivity index (χ3v) is 2.57. The summed E-state index contributed by atoms with van der Waals surface area (Å²) in [7, 11) is 0. The number of anilines is 1. The van der Waals surface area contributed by atoms with Crippen LogP contribution in [0.4, 0.5) is 15.9 Å². The molecule has 0 saturated heterocycles. The van der Waals surface area contributed by atoms with Crippen LogP contribution in [-0.4, -0.2) is 9.91 Å². The first-order valence-electron chi connectivity index (χ1n) is 4.85. The summed E-state index contributed by atoms with van der Waals surface area (Å²) in [6.07, 6.45) is 0. The zero-order valence-electron chi connectivity index (χ0n) is 8.93. The van der Waals surface area contributed by atoms with E-state index >= 15 is 0 Å². The fourth-order valence-corrected chi connectivity index (χ4v) is 1.69. The lowest BCUT2D eigenvalue weighted by Gasteiger charge is -2.05. The summed E-state index contributed by atoms with van der Waals surface area (Å²) in [5.41, 5.74) is 5.66. The molecule has 0 amide bonds. The molecule has 0 unspecified atom stereocenters. The van der Waals surface area contributed by atoms with Gasteiger partial charge < -0.3 is 5.73 Å². The van der Waals surface area contributed by atoms with Gasteiger partial charge in [-0.05, 0) is 18.2 Å². The molecule has 0 saturated carbocycles. The van der Waals surface area contributed by atoms with Crippen molar-refractivity contribution in [2.24, 2.45) is 0 Å². The number of nitrogens with zero attached hydrogens (tertiary/aromatic N) is 2. The maximum Gasteiger partial charge on any atom is 0.275 e. The highest BCUT2D eigenvalue weighted by molar-refractivity contribution is 6.33. The molecule has 0 spiro atoms. The first kappa shape index (κ1) is 12.3. The Morgan fingerprint density at radius 2 is 2.06 bits per heavy atom. The van der Waals surface area contributed by atoms with Gasteiger partial charge >= 0.3 is 0 Å². The molecule has 5 nitrogen and oxygen atoms in total. The third kappa shape index (κ3) is 2.38. The molecule has 2 rings (SSSR count). The maximum atomic E-state index is 13.1. The number of halogens is 2. The fourth-order valence-electron chi connectivity index (χ4n) is 1.47. The summed E-state index contributed by atoms with van der Waals surface area (Å²) in [4.78, 5) is 14.0. The fraction of sp³-hybridized carbons (Fsp3) is 0. The summed E-state index contributed by atoms with van der Waals surface area (Å²) in [5, 5.41) is 10.9. The van der Waals surface area contributed by atoms with E-state index in [9.17, 15) is 14.5 Å². The van der Waals surface area contributed by atoms with Gasteiger partial charge in [-0.15, -0.1) is 0 Å². The van der Waals surface area contributed by atoms with E-state index in [1.807, 2.05) is 0 Å². The van der Waals surface area contributed by atoms with Crippen molar-refractivity contribution in [1.29, 1.82) is 0 Å². The quantitative estimate of drug-likeness (QED) is 0.670. The van der Waals surface area contributed by atoms with Crippen LogP contribution in [0.15, 0.2) is 30.3 Å². The van der Waals surface area contributed by atoms with E-state index in [0.717, 1.165) is 12.1 Å². The number of benzene rings is 1. The van der Waals surface area contributed by atoms with Crippen LogP contribution in [0, 0.1) is 15.9 Å². The number of pyridine rings is 1. The Labute approximate surface area is 106 Å². The molecule has 7 heteroatoms. The Morgan fingerprint density at radius 1 is 1.33 bits per heavy atom. The van der Waals surface area contributed by atoms with Crippen molar-refractivity contribution in [3.63, 3.8) is 0 Å². The highest BCUT2D eigenvalue weighted by atomic mass is 35.5. The molecular weight excluding hydrogens is 261 g/mol. The lowest BCUT2D eigenvalue weighted by atomic mass is 10.1. The number of nitrogens with two attached hydrogens (primary N) is 1. The molecule has 18 heavy (non-hydrogen) atoms. The molecule has 1 aromatic carbocycles. The molecule has 0 fully saturated rings. The van der Waals surface area contributed by atoms with E-state index in [1.165, 1.54) is 18.2 Å². The number of hydrogen-bond acceptors (Lipinski definition) is 4. The Kier molecular flexibility index (Phi) is 3.12. The van der Waals surface area contributed by atoms with Crippen LogP contribution in [0.5, 0.6) is 0 Å². The average Bonchev–Trinajstić information content (AvgIpc) is 2.31. The number of hydrogen-bond donors (Lipinski definition) is 1. The van der Waals surface area contributed by atoms with Gasteiger partial charge in [-0.2, -0.15) is 0 Å². The van der Waals surface area contributed by atoms with Gasteiger partial charge in [0.25, 0.3) is 5.69 Å². The third-order valence-electron chi connectivity index (χ3n) is 2.25. The number of nitrogen functional groups attached to an aromatic ring is 1. The molecule has 92 valence electrons. The van der Waals surface area contributed by atoms with E-state index in [0.29, 0.717) is 0 Å². The Bertz CT molecular complexity index is 634. The van der Waals surface area contributed by atoms with Gasteiger partial charge in [-0.25, -0.2) is 9.37 Å². The Morgan fingerprint density at radius 3 is 2.72 bits per heavy atom. The minimum Gasteiger partial charge on any atom is -0.383 e. The second-order valence-electron chi connectivity index (χ2n) is 3.52. The van der Waals surface area contributed by atoms with E-state index in [1.54, 1.807) is 0 Å². The number of rotatable bonds is 2. The van der Waals surface area contributed by atoms with Gasteiger partial charge in [-0.1, -0.05) is 11.6 Å². The van der Waals surface area contributed by atoms with Crippen molar-refractivity contribution in [2.45, 2.75) is 0 Å². The van der Waals surface area contributed by atoms with Crippen LogP contribution in [0.3, 0.4) is 0 Å². The summed E-state index contributed by atoms with van der Waals surface area (Å²) < 4.78 is 13.1. The standard InChI is InChI=1S/C11H7ClFN3O2/c12-9-2-1-6(13)3-8(9)10-4-7(16(17)18)5-11(14)15-10/h1-5H,(H2,14,15). The Hall–Kier alpha value is -2.21. The maximum absolute atomic E-state index is 13.1. The van der Waals surface area contributed by atoms with Crippen molar-refractivity contribution in [3.8, 4) is 11.3 Å². The largest absolute Gasteiger partial charge is 0.383 e. The van der Waals surface area contributed by atoms with E-state index in [2.05, 4.69) is 4.98 Å². The predicted molar refractivity (Wildman–Crippen MR) is 65.7 cm³/mol. The smallest absolute Gasteiger partial charge is 0.275 e. The van der Waals surface area contributed by atoms with Crippen molar-refractivity contribution in [1.82, 2.24) is 4.98 Å². The SMILES string of the molecule is Nc1cc([N+](=O)[O-])cc(-c2cc(F)ccc2Cl)n1. The van der Waals surface area contributed by atoms with E-state index in [4.69, 9.17) is 17.3 Å². The van der Waals surface area contributed by atoms with Gasteiger partial charge in [0.1, 0.15) is 11.6 Å². The van der Waals surface area contributed by atoms with Crippen LogP contribution in [0.1, 0.15) is 0 Å². The van der Waals surface area contributed by atoms with Crippen LogP contribution < -0.4 is 5.73 Å². The lowest BCUT2D eigenvalue weighted by Crippen LogP contribution is -1.97. The van der Waals surface area contributed by atoms with Crippen molar-refractivity contribution in [2.75, 3.05) is 5.73 Å². The topological polar surface area (TPSA) is 82.0 Å². The van der Waals surface area contributed by atoms with Crippen molar-refractivity contribution in [3.05, 3.63) is 51.3 Å². The van der Waals surface area contributed by atoms with Gasteiger partial charge in [0.05, 0.1) is 21.7 Å². The van der Waals surface area contributed by atoms with Crippen molar-refractivity contribution < 1.29 is 9.31 Å². The molecule has 2 aromatic rings. The first-order valence-corrected chi connectivity index (χ1v) is 5.22. The van der Waals surface area contributed by atoms with E-state index in [-0.39, 0.29) is 27.8 Å². The van der Waals surface area contributed by atoms with E-state index < -0.39 is 10.7 Å². The van der Waals surface area contributed by atoms with Gasteiger partial charge in [-0.3, -0.25) is 10.1 Å². The second kappa shape index (κ2) is 4.58. The average molecular weight is 268 g/mol. The summed E-state index contributed by atoms with van der Waals surface area (Å²) in [5.74, 6) is -0.541. The van der Waals surface area contributed by atoms with Crippen LogP contribution in [0.25, 0.3) is 11.3 Å². The molecule has 0 aliphatic rings. The van der Waals surface area contributed by atoms with Crippen molar-refractivity contribution >= 4 is 23.1 Å². The minimum absolute atomic E-state index is 0.0282. The summed E-state index contributed by atoms with van der Waals surface area (Å²) in [6, 6.07) is 6.00. The Balaban J connectivity index is 2.63. The van der Waals surface area contributed by atoms with Crippen LogP contribution in [-0.2, 0) is 0 Å². The molecule has 0 atom stereocenters. The first-order chi connectivity index (χ1) is 8.47. The number of nitro groups is 1. The molecule has 0 radical (unpaired) electrons. The molecule has 0 bridgehead atoms. The normalized spacial score (nSPS) is 10.3. The van der Waals surface area contributed by atoms with Crippen LogP contribution in [0.2, 0.25) is 5.02 Å². The summed E-state index contributed by atoms with van der Waals surface area (Å²) in [6.45, 7) is 0. The molecular formula is C11H7ClFN3O2. The number of aromatic nitrogens is 1. The lowest BCUT2D eigenvalue weighted by molar-refractivity contribution is -0.384. The molecule has 1 aromatic heterocycles. The van der Waals surface area contributed by atoms with Gasteiger partial charge in [0.2, 0.25) is 0 Å². The highest BCUT2D eigenvalue weighted by Gasteiger charge is 2.13. The second-order valence-corrected chi connectivity index (χ2v) is 3.92. The molecule has 2 N–H and O–H groups in total. The monoisotopic (exact) mass is 267 g/mol.